The van der Waals surface area contributed by atoms with Crippen LogP contribution in [0, 0.1) is 12.7 Å². The molecule has 0 saturated carbocycles. The molecule has 3 aliphatic heterocycles. The van der Waals surface area contributed by atoms with Crippen LogP contribution in [0.15, 0.2) is 37.1 Å². The second kappa shape index (κ2) is 11.4. The molecule has 0 bridgehead atoms. The van der Waals surface area contributed by atoms with Gasteiger partial charge in [0.05, 0.1) is 36.0 Å². The Balaban J connectivity index is 1.29. The maximum Gasteiger partial charge on any atom is 0.246 e. The van der Waals surface area contributed by atoms with Crippen molar-refractivity contribution in [3.05, 3.63) is 53.5 Å². The largest absolute Gasteiger partial charge is 0.378 e. The molecule has 4 aromatic rings. The number of hydrogen-bond donors (Lipinski definition) is 2. The van der Waals surface area contributed by atoms with Crippen LogP contribution in [0.2, 0.25) is 5.02 Å². The van der Waals surface area contributed by atoms with E-state index in [0.717, 1.165) is 55.6 Å². The molecule has 0 aliphatic carbocycles. The second-order valence-electron chi connectivity index (χ2n) is 11.6. The molecule has 0 radical (unpaired) electrons. The van der Waals surface area contributed by atoms with Gasteiger partial charge in [-0.15, -0.1) is 0 Å². The van der Waals surface area contributed by atoms with Gasteiger partial charge in [-0.2, -0.15) is 10.1 Å². The van der Waals surface area contributed by atoms with E-state index in [0.29, 0.717) is 60.5 Å². The van der Waals surface area contributed by atoms with Crippen molar-refractivity contribution < 1.29 is 13.9 Å². The predicted octanol–water partition coefficient (Wildman–Crippen LogP) is 4.38. The molecule has 3 fully saturated rings. The Labute approximate surface area is 253 Å². The standard InChI is InChI=1S/C31H34ClFN8O2/c1-3-25(42)40-10-12-41(13-11-40)30-21-14-23(32)27(26-18(2)4-5-24-22(26)15-34-38-24)28(33)29(21)36-31(37-30)35-19-6-8-39(9-7-19)20-16-43-17-20/h3-5,14-15,19-20H,1,6-13,16-17H2,2H3,(H,34,38)(H,35,36,37). The fourth-order valence-corrected chi connectivity index (χ4v) is 6.75. The van der Waals surface area contributed by atoms with E-state index < -0.39 is 5.82 Å². The number of aromatic nitrogens is 4. The number of hydrogen-bond acceptors (Lipinski definition) is 8. The van der Waals surface area contributed by atoms with Crippen LogP contribution in [0.1, 0.15) is 18.4 Å². The molecule has 2 aromatic heterocycles. The third-order valence-corrected chi connectivity index (χ3v) is 9.31. The Bertz CT molecular complexity index is 1710. The van der Waals surface area contributed by atoms with Crippen LogP contribution in [0.3, 0.4) is 0 Å². The van der Waals surface area contributed by atoms with Crippen LogP contribution in [-0.4, -0.2) is 100 Å². The number of rotatable bonds is 6. The molecule has 0 unspecified atom stereocenters. The number of amides is 1. The number of carbonyl (C=O) groups excluding carboxylic acids is 1. The number of anilines is 2. The van der Waals surface area contributed by atoms with Gasteiger partial charge in [0.25, 0.3) is 0 Å². The van der Waals surface area contributed by atoms with Crippen molar-refractivity contribution >= 4 is 51.1 Å². The van der Waals surface area contributed by atoms with Gasteiger partial charge in [-0.05, 0) is 43.5 Å². The van der Waals surface area contributed by atoms with Gasteiger partial charge in [0, 0.05) is 67.2 Å². The zero-order valence-electron chi connectivity index (χ0n) is 24.1. The molecule has 3 saturated heterocycles. The minimum absolute atomic E-state index is 0.100. The lowest BCUT2D eigenvalue weighted by Gasteiger charge is -2.41. The molecule has 0 spiro atoms. The first-order valence-corrected chi connectivity index (χ1v) is 15.2. The predicted molar refractivity (Wildman–Crippen MR) is 166 cm³/mol. The van der Waals surface area contributed by atoms with E-state index in [1.54, 1.807) is 17.2 Å². The number of aromatic amines is 1. The van der Waals surface area contributed by atoms with E-state index in [1.165, 1.54) is 6.08 Å². The van der Waals surface area contributed by atoms with Gasteiger partial charge in [-0.1, -0.05) is 24.2 Å². The lowest BCUT2D eigenvalue weighted by molar-refractivity contribution is -0.126. The summed E-state index contributed by atoms with van der Waals surface area (Å²) in [5.74, 6) is 0.402. The normalized spacial score (nSPS) is 18.8. The van der Waals surface area contributed by atoms with Gasteiger partial charge in [0.2, 0.25) is 11.9 Å². The molecular weight excluding hydrogens is 571 g/mol. The van der Waals surface area contributed by atoms with E-state index in [2.05, 4.69) is 31.9 Å². The second-order valence-corrected chi connectivity index (χ2v) is 12.0. The Morgan fingerprint density at radius 2 is 1.88 bits per heavy atom. The number of fused-ring (bicyclic) bond motifs is 2. The first kappa shape index (κ1) is 28.0. The summed E-state index contributed by atoms with van der Waals surface area (Å²) >= 11 is 6.89. The summed E-state index contributed by atoms with van der Waals surface area (Å²) < 4.78 is 22.2. The van der Waals surface area contributed by atoms with Crippen molar-refractivity contribution in [2.24, 2.45) is 0 Å². The van der Waals surface area contributed by atoms with Crippen LogP contribution in [0.4, 0.5) is 16.2 Å². The van der Waals surface area contributed by atoms with E-state index in [1.807, 2.05) is 19.1 Å². The van der Waals surface area contributed by atoms with Crippen LogP contribution in [0.25, 0.3) is 32.9 Å². The van der Waals surface area contributed by atoms with Gasteiger partial charge in [0.1, 0.15) is 11.3 Å². The summed E-state index contributed by atoms with van der Waals surface area (Å²) in [6, 6.07) is 6.31. The molecule has 3 aliphatic rings. The summed E-state index contributed by atoms with van der Waals surface area (Å²) in [4.78, 5) is 28.2. The SMILES string of the molecule is C=CC(=O)N1CCN(c2nc(NC3CCN(C4COC4)CC3)nc3c(F)c(-c4c(C)ccc5[nH]ncc45)c(Cl)cc23)CC1. The summed E-state index contributed by atoms with van der Waals surface area (Å²) in [5.41, 5.74) is 2.88. The average Bonchev–Trinajstić information content (AvgIpc) is 3.47. The van der Waals surface area contributed by atoms with Crippen LogP contribution < -0.4 is 10.2 Å². The number of piperidine rings is 1. The average molecular weight is 605 g/mol. The van der Waals surface area contributed by atoms with Crippen molar-refractivity contribution in [1.29, 1.82) is 0 Å². The number of nitrogens with one attached hydrogen (secondary N) is 2. The van der Waals surface area contributed by atoms with E-state index in [-0.39, 0.29) is 22.5 Å². The molecule has 1 amide bonds. The van der Waals surface area contributed by atoms with Crippen LogP contribution >= 0.6 is 11.6 Å². The zero-order chi connectivity index (χ0) is 29.7. The maximum atomic E-state index is 16.8. The van der Waals surface area contributed by atoms with Gasteiger partial charge in [-0.25, -0.2) is 9.37 Å². The molecule has 0 atom stereocenters. The molecule has 12 heteroatoms. The Morgan fingerprint density at radius 3 is 2.58 bits per heavy atom. The maximum absolute atomic E-state index is 16.8. The first-order chi connectivity index (χ1) is 20.9. The van der Waals surface area contributed by atoms with Crippen molar-refractivity contribution in [3.63, 3.8) is 0 Å². The van der Waals surface area contributed by atoms with E-state index in [9.17, 15) is 4.79 Å². The molecule has 10 nitrogen and oxygen atoms in total. The zero-order valence-corrected chi connectivity index (χ0v) is 24.8. The number of aryl methyl sites for hydroxylation is 1. The topological polar surface area (TPSA) is 103 Å². The fourth-order valence-electron chi connectivity index (χ4n) is 6.47. The minimum Gasteiger partial charge on any atom is -0.378 e. The Morgan fingerprint density at radius 1 is 1.12 bits per heavy atom. The Kier molecular flexibility index (Phi) is 7.40. The molecule has 224 valence electrons. The van der Waals surface area contributed by atoms with E-state index >= 15 is 4.39 Å². The molecule has 43 heavy (non-hydrogen) atoms. The number of likely N-dealkylation sites (tertiary alicyclic amines) is 1. The lowest BCUT2D eigenvalue weighted by Crippen LogP contribution is -2.53. The van der Waals surface area contributed by atoms with Gasteiger partial charge < -0.3 is 19.9 Å². The molecule has 2 aromatic carbocycles. The quantitative estimate of drug-likeness (QED) is 0.313. The number of nitrogens with zero attached hydrogens (tertiary/aromatic N) is 6. The van der Waals surface area contributed by atoms with Crippen molar-refractivity contribution in [2.45, 2.75) is 31.8 Å². The third-order valence-electron chi connectivity index (χ3n) is 9.01. The fraction of sp³-hybridized carbons (Fsp3) is 0.419. The molecule has 2 N–H and O–H groups in total. The number of carbonyl (C=O) groups is 1. The third kappa shape index (κ3) is 5.09. The summed E-state index contributed by atoms with van der Waals surface area (Å²) in [6.07, 6.45) is 4.90. The number of benzene rings is 2. The summed E-state index contributed by atoms with van der Waals surface area (Å²) in [7, 11) is 0. The summed E-state index contributed by atoms with van der Waals surface area (Å²) in [5, 5.41) is 12.3. The van der Waals surface area contributed by atoms with Crippen LogP contribution in [0.5, 0.6) is 0 Å². The molecule has 7 rings (SSSR count). The monoisotopic (exact) mass is 604 g/mol. The molecule has 5 heterocycles. The number of piperazine rings is 1. The summed E-state index contributed by atoms with van der Waals surface area (Å²) in [6.45, 7) is 11.2. The Hall–Kier alpha value is -3.80. The highest BCUT2D eigenvalue weighted by atomic mass is 35.5. The number of H-pyrrole nitrogens is 1. The molecular formula is C31H34ClFN8O2. The lowest BCUT2D eigenvalue weighted by atomic mass is 9.95. The van der Waals surface area contributed by atoms with Gasteiger partial charge in [-0.3, -0.25) is 14.8 Å². The van der Waals surface area contributed by atoms with Gasteiger partial charge >= 0.3 is 0 Å². The highest BCUT2D eigenvalue weighted by Gasteiger charge is 2.31. The minimum atomic E-state index is -0.494. The smallest absolute Gasteiger partial charge is 0.246 e. The number of ether oxygens (including phenoxy) is 1. The van der Waals surface area contributed by atoms with E-state index in [4.69, 9.17) is 26.3 Å². The highest BCUT2D eigenvalue weighted by Crippen LogP contribution is 2.42. The number of halogens is 2. The van der Waals surface area contributed by atoms with Crippen LogP contribution in [-0.2, 0) is 9.53 Å². The first-order valence-electron chi connectivity index (χ1n) is 14.8. The van der Waals surface area contributed by atoms with Crippen molar-refractivity contribution in [3.8, 4) is 11.1 Å². The highest BCUT2D eigenvalue weighted by molar-refractivity contribution is 6.35. The van der Waals surface area contributed by atoms with Crippen molar-refractivity contribution in [2.75, 3.05) is 62.7 Å². The van der Waals surface area contributed by atoms with Gasteiger partial charge in [0.15, 0.2) is 5.82 Å². The van der Waals surface area contributed by atoms with Crippen molar-refractivity contribution in [1.82, 2.24) is 30.0 Å².